The number of rotatable bonds is 3. The van der Waals surface area contributed by atoms with E-state index in [1.54, 1.807) is 0 Å². The minimum Gasteiger partial charge on any atom is -0.370 e. The lowest BCUT2D eigenvalue weighted by atomic mass is 10.3. The fraction of sp³-hybridized carbons (Fsp3) is 0.833. The van der Waals surface area contributed by atoms with Gasteiger partial charge in [0, 0.05) is 0 Å². The molecule has 0 aliphatic heterocycles. The van der Waals surface area contributed by atoms with Gasteiger partial charge in [0.05, 0.1) is 0 Å². The summed E-state index contributed by atoms with van der Waals surface area (Å²) in [5.74, 6) is 0.716. The zero-order valence-electron chi connectivity index (χ0n) is 6.43. The fourth-order valence-electron chi connectivity index (χ4n) is 0.362. The quantitative estimate of drug-likeness (QED) is 0.216. The topological polar surface area (TPSA) is 75.9 Å². The molecule has 62 valence electrons. The van der Waals surface area contributed by atoms with E-state index in [2.05, 4.69) is 31.0 Å². The molecule has 5 N–H and O–H groups in total. The number of hydrogen-bond donors (Lipinski definition) is 4. The average Bonchev–Trinajstić information content (AvgIpc) is 1.82. The summed E-state index contributed by atoms with van der Waals surface area (Å²) in [6.45, 7) is 2.20. The number of thiol groups is 1. The summed E-state index contributed by atoms with van der Waals surface area (Å²) < 4.78 is 0. The second-order valence-electron chi connectivity index (χ2n) is 1.89. The summed E-state index contributed by atoms with van der Waals surface area (Å²) in [5.41, 5.74) is 8.94. The molecular formula is C6H17N3S. The Labute approximate surface area is 68.1 Å². The molecule has 0 aliphatic rings. The molecule has 0 unspecified atom stereocenters. The van der Waals surface area contributed by atoms with Crippen LogP contribution in [0, 0.1) is 5.41 Å². The van der Waals surface area contributed by atoms with Crippen LogP contribution >= 0.6 is 12.6 Å². The van der Waals surface area contributed by atoms with Crippen LogP contribution in [0.5, 0.6) is 0 Å². The average molecular weight is 163 g/mol. The number of nitrogens with two attached hydrogens (primary N) is 2. The highest BCUT2D eigenvalue weighted by atomic mass is 32.1. The van der Waals surface area contributed by atoms with Gasteiger partial charge in [0.15, 0.2) is 5.96 Å². The monoisotopic (exact) mass is 163 g/mol. The second-order valence-corrected chi connectivity index (χ2v) is 2.33. The molecule has 0 aliphatic carbocycles. The van der Waals surface area contributed by atoms with Crippen molar-refractivity contribution in [3.63, 3.8) is 0 Å². The lowest BCUT2D eigenvalue weighted by Gasteiger charge is -1.85. The van der Waals surface area contributed by atoms with Gasteiger partial charge in [-0.2, -0.15) is 12.6 Å². The molecule has 0 atom stereocenters. The van der Waals surface area contributed by atoms with Gasteiger partial charge in [-0.05, 0) is 12.2 Å². The Morgan fingerprint density at radius 2 is 1.80 bits per heavy atom. The molecule has 0 amide bonds. The lowest BCUT2D eigenvalue weighted by molar-refractivity contribution is 0.780. The summed E-state index contributed by atoms with van der Waals surface area (Å²) in [6, 6.07) is 0. The van der Waals surface area contributed by atoms with Crippen molar-refractivity contribution < 1.29 is 0 Å². The molecule has 0 aromatic rings. The van der Waals surface area contributed by atoms with Gasteiger partial charge in [0.25, 0.3) is 0 Å². The molecule has 4 heteroatoms. The van der Waals surface area contributed by atoms with Crippen LogP contribution in [0.25, 0.3) is 0 Å². The maximum Gasteiger partial charge on any atom is 0.183 e. The molecule has 0 rings (SSSR count). The first kappa shape index (κ1) is 12.3. The minimum absolute atomic E-state index is 0.333. The van der Waals surface area contributed by atoms with Gasteiger partial charge in [-0.25, -0.2) is 0 Å². The molecule has 0 aromatic heterocycles. The van der Waals surface area contributed by atoms with Gasteiger partial charge >= 0.3 is 0 Å². The van der Waals surface area contributed by atoms with E-state index in [1.807, 2.05) is 0 Å². The standard InChI is InChI=1S/C5H12S.CH5N3/c1-2-3-4-5-6;2-1(3)4/h6H,2-5H2,1H3;(H5,2,3,4). The van der Waals surface area contributed by atoms with Crippen LogP contribution in [-0.2, 0) is 0 Å². The minimum atomic E-state index is -0.333. The fourth-order valence-corrected chi connectivity index (χ4v) is 0.585. The van der Waals surface area contributed by atoms with Crippen LogP contribution in [0.1, 0.15) is 26.2 Å². The van der Waals surface area contributed by atoms with E-state index in [4.69, 9.17) is 5.41 Å². The molecule has 0 aromatic carbocycles. The van der Waals surface area contributed by atoms with Gasteiger partial charge in [0.2, 0.25) is 0 Å². The van der Waals surface area contributed by atoms with E-state index in [1.165, 1.54) is 19.3 Å². The SMILES string of the molecule is CCCCCS.N=C(N)N. The first-order valence-corrected chi connectivity index (χ1v) is 3.98. The van der Waals surface area contributed by atoms with Crippen molar-refractivity contribution in [3.8, 4) is 0 Å². The molecule has 0 radical (unpaired) electrons. The summed E-state index contributed by atoms with van der Waals surface area (Å²) >= 11 is 4.05. The highest BCUT2D eigenvalue weighted by Gasteiger charge is 1.75. The highest BCUT2D eigenvalue weighted by Crippen LogP contribution is 1.93. The van der Waals surface area contributed by atoms with Crippen LogP contribution < -0.4 is 11.5 Å². The number of guanidine groups is 1. The van der Waals surface area contributed by atoms with Crippen LogP contribution in [0.15, 0.2) is 0 Å². The van der Waals surface area contributed by atoms with Crippen LogP contribution in [-0.4, -0.2) is 11.7 Å². The predicted molar refractivity (Wildman–Crippen MR) is 49.5 cm³/mol. The van der Waals surface area contributed by atoms with Crippen molar-refractivity contribution in [3.05, 3.63) is 0 Å². The number of nitrogens with one attached hydrogen (secondary N) is 1. The first-order chi connectivity index (χ1) is 4.65. The molecular weight excluding hydrogens is 146 g/mol. The Hall–Kier alpha value is -0.380. The van der Waals surface area contributed by atoms with E-state index < -0.39 is 0 Å². The zero-order chi connectivity index (χ0) is 8.41. The normalized spacial score (nSPS) is 7.80. The van der Waals surface area contributed by atoms with E-state index in [9.17, 15) is 0 Å². The van der Waals surface area contributed by atoms with Crippen molar-refractivity contribution in [2.75, 3.05) is 5.75 Å². The number of unbranched alkanes of at least 4 members (excludes halogenated alkanes) is 2. The molecule has 0 fully saturated rings. The molecule has 0 saturated carbocycles. The Morgan fingerprint density at radius 3 is 1.90 bits per heavy atom. The van der Waals surface area contributed by atoms with Gasteiger partial charge in [-0.15, -0.1) is 0 Å². The summed E-state index contributed by atoms with van der Waals surface area (Å²) in [5, 5.41) is 6.06. The van der Waals surface area contributed by atoms with Gasteiger partial charge in [-0.1, -0.05) is 19.8 Å². The molecule has 0 spiro atoms. The van der Waals surface area contributed by atoms with Crippen molar-refractivity contribution in [2.45, 2.75) is 26.2 Å². The highest BCUT2D eigenvalue weighted by molar-refractivity contribution is 7.80. The second kappa shape index (κ2) is 11.4. The lowest BCUT2D eigenvalue weighted by Crippen LogP contribution is -2.20. The van der Waals surface area contributed by atoms with E-state index in [0.717, 1.165) is 5.75 Å². The Kier molecular flexibility index (Phi) is 14.1. The summed E-state index contributed by atoms with van der Waals surface area (Å²) in [6.07, 6.45) is 3.92. The third-order valence-corrected chi connectivity index (χ3v) is 1.08. The Bertz CT molecular complexity index is 67.4. The van der Waals surface area contributed by atoms with E-state index in [0.29, 0.717) is 0 Å². The van der Waals surface area contributed by atoms with Crippen molar-refractivity contribution in [1.82, 2.24) is 0 Å². The third kappa shape index (κ3) is 48.6. The smallest absolute Gasteiger partial charge is 0.183 e. The van der Waals surface area contributed by atoms with E-state index >= 15 is 0 Å². The van der Waals surface area contributed by atoms with Crippen LogP contribution in [0.4, 0.5) is 0 Å². The van der Waals surface area contributed by atoms with Crippen molar-refractivity contribution >= 4 is 18.6 Å². The largest absolute Gasteiger partial charge is 0.370 e. The van der Waals surface area contributed by atoms with Gasteiger partial charge < -0.3 is 11.5 Å². The third-order valence-electron chi connectivity index (χ3n) is 0.762. The number of hydrogen-bond acceptors (Lipinski definition) is 2. The summed E-state index contributed by atoms with van der Waals surface area (Å²) in [7, 11) is 0. The van der Waals surface area contributed by atoms with Crippen molar-refractivity contribution in [2.24, 2.45) is 11.5 Å². The summed E-state index contributed by atoms with van der Waals surface area (Å²) in [4.78, 5) is 0. The van der Waals surface area contributed by atoms with E-state index in [-0.39, 0.29) is 5.96 Å². The van der Waals surface area contributed by atoms with Crippen LogP contribution in [0.3, 0.4) is 0 Å². The Balaban J connectivity index is 0. The molecule has 0 saturated heterocycles. The van der Waals surface area contributed by atoms with Crippen LogP contribution in [0.2, 0.25) is 0 Å². The van der Waals surface area contributed by atoms with Gasteiger partial charge in [0.1, 0.15) is 0 Å². The maximum absolute atomic E-state index is 6.06. The van der Waals surface area contributed by atoms with Gasteiger partial charge in [-0.3, -0.25) is 5.41 Å². The molecule has 3 nitrogen and oxygen atoms in total. The first-order valence-electron chi connectivity index (χ1n) is 3.35. The molecule has 10 heavy (non-hydrogen) atoms. The maximum atomic E-state index is 6.06. The molecule has 0 bridgehead atoms. The van der Waals surface area contributed by atoms with Crippen molar-refractivity contribution in [1.29, 1.82) is 5.41 Å². The Morgan fingerprint density at radius 1 is 1.40 bits per heavy atom. The predicted octanol–water partition coefficient (Wildman–Crippen LogP) is 0.945. The zero-order valence-corrected chi connectivity index (χ0v) is 7.32. The molecule has 0 heterocycles.